The van der Waals surface area contributed by atoms with E-state index in [0.717, 1.165) is 10.4 Å². The number of carbonyl (C=O) groups is 2. The molecule has 0 saturated heterocycles. The van der Waals surface area contributed by atoms with Crippen LogP contribution in [0.25, 0.3) is 10.9 Å². The van der Waals surface area contributed by atoms with Crippen LogP contribution in [0.5, 0.6) is 0 Å². The zero-order valence-electron chi connectivity index (χ0n) is 15.8. The lowest BCUT2D eigenvalue weighted by Gasteiger charge is -2.37. The number of imide groups is 1. The standard InChI is InChI=1S/C21H20N2O4S/c1-21(13-28(26,27)14-9-5-4-6-10-14)18-17(19(24)23(3)20(21)25)15-11-7-8-12-16(15)22(18)2/h4-12H,13H2,1-3H3. The number of sulfone groups is 1. The third-order valence-electron chi connectivity index (χ3n) is 5.51. The molecule has 1 aliphatic heterocycles. The van der Waals surface area contributed by atoms with Crippen LogP contribution in [0.15, 0.2) is 59.5 Å². The maximum atomic E-state index is 13.2. The lowest BCUT2D eigenvalue weighted by Crippen LogP contribution is -2.54. The Hall–Kier alpha value is -2.93. The van der Waals surface area contributed by atoms with Crippen molar-refractivity contribution in [3.8, 4) is 0 Å². The second-order valence-electron chi connectivity index (χ2n) is 7.37. The average Bonchev–Trinajstić information content (AvgIpc) is 2.99. The minimum absolute atomic E-state index is 0.156. The topological polar surface area (TPSA) is 76.5 Å². The number of aromatic nitrogens is 1. The Bertz CT molecular complexity index is 1230. The number of rotatable bonds is 3. The summed E-state index contributed by atoms with van der Waals surface area (Å²) in [5.41, 5.74) is 0.236. The Labute approximate surface area is 163 Å². The number of nitrogens with zero attached hydrogens (tertiary/aromatic N) is 2. The van der Waals surface area contributed by atoms with Gasteiger partial charge in [0.05, 0.1) is 16.2 Å². The third kappa shape index (κ3) is 2.43. The summed E-state index contributed by atoms with van der Waals surface area (Å²) < 4.78 is 28.0. The van der Waals surface area contributed by atoms with Crippen LogP contribution in [0.2, 0.25) is 0 Å². The lowest BCUT2D eigenvalue weighted by atomic mass is 9.81. The van der Waals surface area contributed by atoms with Gasteiger partial charge in [0.1, 0.15) is 5.41 Å². The summed E-state index contributed by atoms with van der Waals surface area (Å²) >= 11 is 0. The van der Waals surface area contributed by atoms with E-state index >= 15 is 0 Å². The van der Waals surface area contributed by atoms with E-state index in [4.69, 9.17) is 0 Å². The first-order valence-corrected chi connectivity index (χ1v) is 10.5. The van der Waals surface area contributed by atoms with Crippen molar-refractivity contribution in [2.75, 3.05) is 12.8 Å². The van der Waals surface area contributed by atoms with E-state index in [1.165, 1.54) is 19.2 Å². The molecule has 1 aliphatic rings. The number of aryl methyl sites for hydroxylation is 1. The number of benzene rings is 2. The second-order valence-corrected chi connectivity index (χ2v) is 9.36. The Morgan fingerprint density at radius 1 is 0.929 bits per heavy atom. The van der Waals surface area contributed by atoms with Gasteiger partial charge in [0, 0.05) is 30.7 Å². The number of hydrogen-bond acceptors (Lipinski definition) is 4. The highest BCUT2D eigenvalue weighted by atomic mass is 32.2. The van der Waals surface area contributed by atoms with E-state index in [1.54, 1.807) is 36.7 Å². The number of hydrogen-bond donors (Lipinski definition) is 0. The van der Waals surface area contributed by atoms with Crippen LogP contribution in [-0.2, 0) is 27.1 Å². The van der Waals surface area contributed by atoms with Crippen LogP contribution in [0.4, 0.5) is 0 Å². The fourth-order valence-corrected chi connectivity index (χ4v) is 5.97. The van der Waals surface area contributed by atoms with E-state index in [0.29, 0.717) is 16.6 Å². The van der Waals surface area contributed by atoms with Gasteiger partial charge in [0.15, 0.2) is 9.84 Å². The van der Waals surface area contributed by atoms with E-state index in [-0.39, 0.29) is 4.90 Å². The zero-order chi connectivity index (χ0) is 20.3. The van der Waals surface area contributed by atoms with E-state index in [1.807, 2.05) is 24.3 Å². The van der Waals surface area contributed by atoms with Crippen molar-refractivity contribution >= 4 is 32.6 Å². The van der Waals surface area contributed by atoms with Gasteiger partial charge in [0.2, 0.25) is 5.91 Å². The molecule has 2 aromatic carbocycles. The zero-order valence-corrected chi connectivity index (χ0v) is 16.7. The highest BCUT2D eigenvalue weighted by molar-refractivity contribution is 7.91. The Morgan fingerprint density at radius 2 is 1.54 bits per heavy atom. The molecule has 1 unspecified atom stereocenters. The first kappa shape index (κ1) is 18.4. The summed E-state index contributed by atoms with van der Waals surface area (Å²) in [6, 6.07) is 15.4. The van der Waals surface area contributed by atoms with Crippen molar-refractivity contribution in [2.24, 2.45) is 7.05 Å². The Kier molecular flexibility index (Phi) is 3.97. The van der Waals surface area contributed by atoms with Crippen molar-refractivity contribution in [3.05, 3.63) is 65.9 Å². The van der Waals surface area contributed by atoms with Crippen molar-refractivity contribution < 1.29 is 18.0 Å². The molecule has 1 atom stereocenters. The number of para-hydroxylation sites is 1. The summed E-state index contributed by atoms with van der Waals surface area (Å²) in [5, 5.41) is 0.715. The minimum atomic E-state index is -3.76. The van der Waals surface area contributed by atoms with Crippen LogP contribution < -0.4 is 0 Å². The molecule has 28 heavy (non-hydrogen) atoms. The van der Waals surface area contributed by atoms with Crippen molar-refractivity contribution in [3.63, 3.8) is 0 Å². The minimum Gasteiger partial charge on any atom is -0.346 e. The van der Waals surface area contributed by atoms with Gasteiger partial charge in [-0.05, 0) is 25.1 Å². The number of fused-ring (bicyclic) bond motifs is 3. The molecule has 0 fully saturated rings. The normalized spacial score (nSPS) is 19.9. The molecule has 0 bridgehead atoms. The SMILES string of the molecule is CN1C(=O)c2c(n(C)c3ccccc23)C(C)(CS(=O)(=O)c2ccccc2)C1=O. The molecule has 1 aromatic heterocycles. The van der Waals surface area contributed by atoms with E-state index in [2.05, 4.69) is 0 Å². The highest BCUT2D eigenvalue weighted by Gasteiger charge is 2.51. The molecule has 0 aliphatic carbocycles. The fourth-order valence-electron chi connectivity index (χ4n) is 4.21. The molecule has 4 rings (SSSR count). The molecule has 0 N–H and O–H groups in total. The number of amides is 2. The molecule has 6 nitrogen and oxygen atoms in total. The summed E-state index contributed by atoms with van der Waals surface area (Å²) in [6.07, 6.45) is 0. The second kappa shape index (κ2) is 6.04. The van der Waals surface area contributed by atoms with E-state index < -0.39 is 32.8 Å². The smallest absolute Gasteiger partial charge is 0.262 e. The van der Waals surface area contributed by atoms with Gasteiger partial charge in [-0.2, -0.15) is 0 Å². The molecule has 0 radical (unpaired) electrons. The average molecular weight is 396 g/mol. The molecule has 3 aromatic rings. The van der Waals surface area contributed by atoms with Crippen molar-refractivity contribution in [1.29, 1.82) is 0 Å². The molecule has 2 amide bonds. The quantitative estimate of drug-likeness (QED) is 0.638. The molecule has 0 spiro atoms. The summed E-state index contributed by atoms with van der Waals surface area (Å²) in [7, 11) is -0.591. The van der Waals surface area contributed by atoms with Gasteiger partial charge >= 0.3 is 0 Å². The molecular formula is C21H20N2O4S. The van der Waals surface area contributed by atoms with Gasteiger partial charge in [-0.15, -0.1) is 0 Å². The first-order valence-electron chi connectivity index (χ1n) is 8.86. The van der Waals surface area contributed by atoms with E-state index in [9.17, 15) is 18.0 Å². The predicted octanol–water partition coefficient (Wildman–Crippen LogP) is 2.52. The van der Waals surface area contributed by atoms with Gasteiger partial charge in [0.25, 0.3) is 5.91 Å². The molecule has 144 valence electrons. The Morgan fingerprint density at radius 3 is 2.21 bits per heavy atom. The molecule has 7 heteroatoms. The van der Waals surface area contributed by atoms with Crippen LogP contribution in [0.1, 0.15) is 23.0 Å². The Balaban J connectivity index is 1.99. The summed E-state index contributed by atoms with van der Waals surface area (Å²) in [4.78, 5) is 27.3. The summed E-state index contributed by atoms with van der Waals surface area (Å²) in [6.45, 7) is 1.61. The van der Waals surface area contributed by atoms with Crippen molar-refractivity contribution in [2.45, 2.75) is 17.2 Å². The molecular weight excluding hydrogens is 376 g/mol. The maximum Gasteiger partial charge on any atom is 0.262 e. The monoisotopic (exact) mass is 396 g/mol. The summed E-state index contributed by atoms with van der Waals surface area (Å²) in [5.74, 6) is -1.35. The maximum absolute atomic E-state index is 13.2. The molecule has 2 heterocycles. The lowest BCUT2D eigenvalue weighted by molar-refractivity contribution is -0.133. The van der Waals surface area contributed by atoms with Crippen LogP contribution >= 0.6 is 0 Å². The fraction of sp³-hybridized carbons (Fsp3) is 0.238. The van der Waals surface area contributed by atoms with Crippen LogP contribution in [-0.4, -0.2) is 42.5 Å². The number of carbonyl (C=O) groups excluding carboxylic acids is 2. The van der Waals surface area contributed by atoms with Gasteiger partial charge in [-0.1, -0.05) is 36.4 Å². The van der Waals surface area contributed by atoms with Gasteiger partial charge < -0.3 is 4.57 Å². The van der Waals surface area contributed by atoms with Crippen molar-refractivity contribution in [1.82, 2.24) is 9.47 Å². The number of likely N-dealkylation sites (N-methyl/N-ethyl adjacent to an activating group) is 1. The van der Waals surface area contributed by atoms with Crippen LogP contribution in [0.3, 0.4) is 0 Å². The highest BCUT2D eigenvalue weighted by Crippen LogP contribution is 2.41. The largest absolute Gasteiger partial charge is 0.346 e. The predicted molar refractivity (Wildman–Crippen MR) is 106 cm³/mol. The van der Waals surface area contributed by atoms with Gasteiger partial charge in [-0.25, -0.2) is 8.42 Å². The van der Waals surface area contributed by atoms with Crippen LogP contribution in [0, 0.1) is 0 Å². The first-order chi connectivity index (χ1) is 13.2. The van der Waals surface area contributed by atoms with Gasteiger partial charge in [-0.3, -0.25) is 14.5 Å². The molecule has 0 saturated carbocycles. The third-order valence-corrected chi connectivity index (χ3v) is 7.45.